The number of rotatable bonds is 12. The van der Waals surface area contributed by atoms with Crippen molar-refractivity contribution in [2.24, 2.45) is 5.73 Å². The zero-order valence-electron chi connectivity index (χ0n) is 14.0. The lowest BCUT2D eigenvalue weighted by Crippen LogP contribution is -2.29. The highest BCUT2D eigenvalue weighted by Gasteiger charge is 2.11. The largest absolute Gasteiger partial charge is 0.481 e. The minimum Gasteiger partial charge on any atom is -0.481 e. The van der Waals surface area contributed by atoms with E-state index in [9.17, 15) is 4.79 Å². The van der Waals surface area contributed by atoms with Gasteiger partial charge in [-0.15, -0.1) is 23.2 Å². The molecule has 1 aromatic carbocycles. The molecule has 1 aromatic rings. The lowest BCUT2D eigenvalue weighted by atomic mass is 9.97. The van der Waals surface area contributed by atoms with Crippen molar-refractivity contribution in [3.05, 3.63) is 34.9 Å². The van der Waals surface area contributed by atoms with E-state index < -0.39 is 5.97 Å². The summed E-state index contributed by atoms with van der Waals surface area (Å²) in [4.78, 5) is 16.4. The number of benzene rings is 1. The average Bonchev–Trinajstić information content (AvgIpc) is 2.50. The number of carboxylic acids is 1. The second-order valence-corrected chi connectivity index (χ2v) is 6.47. The fraction of sp³-hybridized carbons (Fsp3) is 0.588. The van der Waals surface area contributed by atoms with Crippen LogP contribution in [0.5, 0.6) is 0 Å². The normalized spacial score (nSPS) is 12.5. The van der Waals surface area contributed by atoms with Gasteiger partial charge in [0, 0.05) is 30.9 Å². The Labute approximate surface area is 153 Å². The number of alkyl halides is 2. The monoisotopic (exact) mass is 376 g/mol. The quantitative estimate of drug-likeness (QED) is 0.433. The Bertz CT molecular complexity index is 509. The van der Waals surface area contributed by atoms with E-state index >= 15 is 0 Å². The Morgan fingerprint density at radius 1 is 1.33 bits per heavy atom. The first-order chi connectivity index (χ1) is 11.5. The van der Waals surface area contributed by atoms with E-state index in [4.69, 9.17) is 38.9 Å². The van der Waals surface area contributed by atoms with Gasteiger partial charge in [-0.3, -0.25) is 9.63 Å². The maximum atomic E-state index is 10.7. The molecule has 0 spiro atoms. The summed E-state index contributed by atoms with van der Waals surface area (Å²) in [6.07, 6.45) is 1.28. The molecule has 136 valence electrons. The highest BCUT2D eigenvalue weighted by molar-refractivity contribution is 6.18. The predicted octanol–water partition coefficient (Wildman–Crippen LogP) is 2.59. The Kier molecular flexibility index (Phi) is 10.3. The summed E-state index contributed by atoms with van der Waals surface area (Å²) in [6.45, 7) is 3.82. The van der Waals surface area contributed by atoms with Gasteiger partial charge in [0.15, 0.2) is 0 Å². The van der Waals surface area contributed by atoms with E-state index in [2.05, 4.69) is 12.1 Å². The molecule has 0 amide bonds. The molecule has 0 aliphatic carbocycles. The van der Waals surface area contributed by atoms with Crippen LogP contribution in [0, 0.1) is 6.92 Å². The van der Waals surface area contributed by atoms with Crippen molar-refractivity contribution in [1.29, 1.82) is 0 Å². The maximum absolute atomic E-state index is 10.7. The number of aryl methyl sites for hydroxylation is 1. The number of carboxylic acid groups (broad SMARTS) is 1. The highest BCUT2D eigenvalue weighted by Crippen LogP contribution is 2.15. The molecule has 0 fully saturated rings. The van der Waals surface area contributed by atoms with Crippen molar-refractivity contribution in [1.82, 2.24) is 5.06 Å². The van der Waals surface area contributed by atoms with Crippen molar-refractivity contribution in [3.8, 4) is 0 Å². The molecule has 0 aliphatic rings. The Balaban J connectivity index is 2.57. The van der Waals surface area contributed by atoms with Gasteiger partial charge in [-0.1, -0.05) is 18.2 Å². The number of hydrogen-bond donors (Lipinski definition) is 2. The molecule has 0 saturated heterocycles. The molecule has 0 heterocycles. The first-order valence-electron chi connectivity index (χ1n) is 8.01. The third-order valence-electron chi connectivity index (χ3n) is 3.66. The lowest BCUT2D eigenvalue weighted by molar-refractivity contribution is -0.150. The molecule has 5 nitrogen and oxygen atoms in total. The van der Waals surface area contributed by atoms with Gasteiger partial charge < -0.3 is 10.8 Å². The fourth-order valence-electron chi connectivity index (χ4n) is 2.40. The second kappa shape index (κ2) is 11.7. The number of halogens is 2. The SMILES string of the molecule is Cc1ccc(CCON(CCCl)CCCl)cc1C[C@H](N)CC(=O)O. The van der Waals surface area contributed by atoms with E-state index in [-0.39, 0.29) is 12.5 Å². The Morgan fingerprint density at radius 3 is 2.58 bits per heavy atom. The van der Waals surface area contributed by atoms with Crippen molar-refractivity contribution in [2.45, 2.75) is 32.2 Å². The summed E-state index contributed by atoms with van der Waals surface area (Å²) in [5.41, 5.74) is 9.23. The molecule has 7 heteroatoms. The van der Waals surface area contributed by atoms with Crippen LogP contribution in [0.4, 0.5) is 0 Å². The van der Waals surface area contributed by atoms with Crippen molar-refractivity contribution in [3.63, 3.8) is 0 Å². The first-order valence-corrected chi connectivity index (χ1v) is 9.08. The molecule has 0 aromatic heterocycles. The van der Waals surface area contributed by atoms with E-state index in [1.165, 1.54) is 0 Å². The smallest absolute Gasteiger partial charge is 0.304 e. The molecule has 0 saturated carbocycles. The van der Waals surface area contributed by atoms with E-state index in [1.54, 1.807) is 5.06 Å². The Morgan fingerprint density at radius 2 is 2.00 bits per heavy atom. The van der Waals surface area contributed by atoms with Crippen LogP contribution >= 0.6 is 23.2 Å². The molecule has 24 heavy (non-hydrogen) atoms. The van der Waals surface area contributed by atoms with Crippen LogP contribution in [0.3, 0.4) is 0 Å². The number of hydrogen-bond acceptors (Lipinski definition) is 4. The zero-order chi connectivity index (χ0) is 17.9. The summed E-state index contributed by atoms with van der Waals surface area (Å²) in [7, 11) is 0. The number of carbonyl (C=O) groups is 1. The van der Waals surface area contributed by atoms with Gasteiger partial charge in [-0.25, -0.2) is 0 Å². The molecule has 0 bridgehead atoms. The van der Waals surface area contributed by atoms with Crippen LogP contribution in [-0.2, 0) is 22.5 Å². The molecule has 0 aliphatic heterocycles. The Hall–Kier alpha value is -0.850. The molecule has 1 rings (SSSR count). The number of hydroxylamine groups is 2. The van der Waals surface area contributed by atoms with Crippen LogP contribution in [0.2, 0.25) is 0 Å². The summed E-state index contributed by atoms with van der Waals surface area (Å²) in [6, 6.07) is 5.79. The average molecular weight is 377 g/mol. The predicted molar refractivity (Wildman–Crippen MR) is 97.8 cm³/mol. The van der Waals surface area contributed by atoms with Crippen molar-refractivity contribution in [2.75, 3.05) is 31.5 Å². The lowest BCUT2D eigenvalue weighted by Gasteiger charge is -2.20. The zero-order valence-corrected chi connectivity index (χ0v) is 15.5. The summed E-state index contributed by atoms with van der Waals surface area (Å²) < 4.78 is 0. The van der Waals surface area contributed by atoms with Gasteiger partial charge >= 0.3 is 5.97 Å². The van der Waals surface area contributed by atoms with Crippen LogP contribution < -0.4 is 5.73 Å². The topological polar surface area (TPSA) is 75.8 Å². The van der Waals surface area contributed by atoms with Crippen LogP contribution in [0.15, 0.2) is 18.2 Å². The summed E-state index contributed by atoms with van der Waals surface area (Å²) in [5.74, 6) is 0.114. The number of aliphatic carboxylic acids is 1. The van der Waals surface area contributed by atoms with Gasteiger partial charge in [0.1, 0.15) is 0 Å². The highest BCUT2D eigenvalue weighted by atomic mass is 35.5. The number of nitrogens with two attached hydrogens (primary N) is 1. The molecule has 1 atom stereocenters. The van der Waals surface area contributed by atoms with Gasteiger partial charge in [0.25, 0.3) is 0 Å². The summed E-state index contributed by atoms with van der Waals surface area (Å²) >= 11 is 11.5. The molecule has 0 radical (unpaired) electrons. The second-order valence-electron chi connectivity index (χ2n) is 5.71. The maximum Gasteiger partial charge on any atom is 0.304 e. The van der Waals surface area contributed by atoms with E-state index in [0.29, 0.717) is 37.9 Å². The fourth-order valence-corrected chi connectivity index (χ4v) is 2.78. The molecular formula is C17H26Cl2N2O3. The van der Waals surface area contributed by atoms with Gasteiger partial charge in [-0.2, -0.15) is 5.06 Å². The first kappa shape index (κ1) is 21.2. The third-order valence-corrected chi connectivity index (χ3v) is 4.00. The van der Waals surface area contributed by atoms with Crippen molar-refractivity contribution >= 4 is 29.2 Å². The third kappa shape index (κ3) is 8.31. The molecule has 0 unspecified atom stereocenters. The summed E-state index contributed by atoms with van der Waals surface area (Å²) in [5, 5.41) is 10.6. The van der Waals surface area contributed by atoms with E-state index in [0.717, 1.165) is 23.1 Å². The van der Waals surface area contributed by atoms with Crippen molar-refractivity contribution < 1.29 is 14.7 Å². The van der Waals surface area contributed by atoms with Crippen LogP contribution in [0.1, 0.15) is 23.1 Å². The molecular weight excluding hydrogens is 351 g/mol. The minimum atomic E-state index is -0.872. The van der Waals surface area contributed by atoms with E-state index in [1.807, 2.05) is 13.0 Å². The number of nitrogens with zero attached hydrogens (tertiary/aromatic N) is 1. The van der Waals surface area contributed by atoms with Gasteiger partial charge in [-0.05, 0) is 36.5 Å². The standard InChI is InChI=1S/C17H26Cl2N2O3/c1-13-2-3-14(4-9-24-21(7-5-18)8-6-19)10-15(13)11-16(20)12-17(22)23/h2-3,10,16H,4-9,11-12,20H2,1H3,(H,22,23)/t16-/m0/s1. The van der Waals surface area contributed by atoms with Gasteiger partial charge in [0.2, 0.25) is 0 Å². The minimum absolute atomic E-state index is 0.0292. The van der Waals surface area contributed by atoms with Crippen LogP contribution in [0.25, 0.3) is 0 Å². The molecule has 3 N–H and O–H groups in total. The van der Waals surface area contributed by atoms with Crippen LogP contribution in [-0.4, -0.2) is 53.6 Å². The van der Waals surface area contributed by atoms with Gasteiger partial charge in [0.05, 0.1) is 13.0 Å².